The quantitative estimate of drug-likeness (QED) is 0.0961. The van der Waals surface area contributed by atoms with Crippen LogP contribution in [0.5, 0.6) is 0 Å². The summed E-state index contributed by atoms with van der Waals surface area (Å²) in [4.78, 5) is 11.5. The zero-order chi connectivity index (χ0) is 29.2. The van der Waals surface area contributed by atoms with Gasteiger partial charge in [0.25, 0.3) is 0 Å². The number of carbonyl (C=O) groups excluding carboxylic acids is 1. The fourth-order valence-electron chi connectivity index (χ4n) is 3.65. The van der Waals surface area contributed by atoms with Crippen molar-refractivity contribution in [1.29, 1.82) is 0 Å². The van der Waals surface area contributed by atoms with Crippen LogP contribution in [0.2, 0.25) is 0 Å². The Hall–Kier alpha value is 2.80. The second-order valence-electron chi connectivity index (χ2n) is 7.56. The number of rotatable bonds is 12. The zero-order valence-electron chi connectivity index (χ0n) is 22.9. The molecule has 10 atom stereocenters. The summed E-state index contributed by atoms with van der Waals surface area (Å²) in [7, 11) is -14.7. The van der Waals surface area contributed by atoms with Crippen LogP contribution < -0.4 is 128 Å². The third-order valence-electron chi connectivity index (χ3n) is 5.11. The first-order valence-electron chi connectivity index (χ1n) is 9.84. The smallest absolute Gasteiger partial charge is 0.735 e. The monoisotopic (exact) mass is 711 g/mol. The van der Waals surface area contributed by atoms with Crippen LogP contribution in [-0.4, -0.2) is 137 Å². The molecule has 2 aliphatic rings. The standard InChI is InChI=1S/C14H25NO20S3.4Na/c1-29-9-7(17)10(35-38(26,27)28)14(34-11(9)12(18)19)33-8-4(3-31-37(23,24)25)32-13(30-2)5(6(8)16)15-36(20,21)22;;;;/h4-11,13-17H,3H2,1-2H3,(H,18,19)(H,20,21,22)(H,23,24,25)(H,26,27,28);;;;/q;4*+1/p-4/t4-,5-,6-,7+,8-,9+,10-,11+,13+,14+;;;;/m1..../s1. The average molecular weight is 711 g/mol. The number of ether oxygens (including phenoxy) is 5. The molecule has 2 rings (SSSR count). The topological polar surface area (TPSA) is 329 Å². The molecule has 0 bridgehead atoms. The van der Waals surface area contributed by atoms with E-state index in [1.165, 1.54) is 4.72 Å². The number of carboxylic acids is 1. The average Bonchev–Trinajstić information content (AvgIpc) is 2.75. The van der Waals surface area contributed by atoms with Crippen LogP contribution >= 0.6 is 0 Å². The van der Waals surface area contributed by atoms with E-state index in [4.69, 9.17) is 23.7 Å². The molecule has 2 fully saturated rings. The summed E-state index contributed by atoms with van der Waals surface area (Å²) >= 11 is 0. The molecule has 21 nitrogen and oxygen atoms in total. The molecule has 0 aliphatic carbocycles. The van der Waals surface area contributed by atoms with E-state index >= 15 is 0 Å². The number of methoxy groups -OCH3 is 2. The first-order chi connectivity index (χ1) is 17.3. The van der Waals surface area contributed by atoms with Gasteiger partial charge in [-0.3, -0.25) is 8.37 Å². The number of nitrogens with one attached hydrogen (secondary N) is 1. The molecule has 2 aliphatic heterocycles. The molecule has 0 saturated carbocycles. The number of hydrogen-bond acceptors (Lipinski definition) is 20. The van der Waals surface area contributed by atoms with Crippen molar-refractivity contribution in [1.82, 2.24) is 4.72 Å². The van der Waals surface area contributed by atoms with Crippen LogP contribution in [0.15, 0.2) is 0 Å². The summed E-state index contributed by atoms with van der Waals surface area (Å²) in [5.74, 6) is -2.05. The first-order valence-corrected chi connectivity index (χ1v) is 13.9. The fraction of sp³-hybridized carbons (Fsp3) is 0.929. The number of hydrogen-bond donors (Lipinski definition) is 3. The molecular weight excluding hydrogens is 690 g/mol. The second kappa shape index (κ2) is 20.3. The van der Waals surface area contributed by atoms with Crippen molar-refractivity contribution in [2.45, 2.75) is 61.3 Å². The summed E-state index contributed by atoms with van der Waals surface area (Å²) < 4.78 is 135. The van der Waals surface area contributed by atoms with E-state index in [1.807, 2.05) is 0 Å². The summed E-state index contributed by atoms with van der Waals surface area (Å²) in [6.45, 7) is -1.28. The maximum absolute atomic E-state index is 11.5. The Kier molecular flexibility index (Phi) is 23.8. The SMILES string of the molecule is CO[C@H]1O[C@H](COS(=O)(=O)[O-])[C@@H](O[C@H]2O[C@H](C(=O)[O-])[C@@H](OC)[C@H](O)[C@H]2OS(=O)(=O)[O-])[C@H](O)[C@H]1NS(=O)(=O)[O-].[Na+].[Na+].[Na+].[Na+]. The number of aliphatic hydroxyl groups excluding tert-OH is 2. The van der Waals surface area contributed by atoms with Gasteiger partial charge in [0.2, 0.25) is 20.8 Å². The molecule has 2 saturated heterocycles. The third kappa shape index (κ3) is 14.9. The minimum atomic E-state index is -5.68. The Morgan fingerprint density at radius 2 is 1.36 bits per heavy atom. The van der Waals surface area contributed by atoms with E-state index in [-0.39, 0.29) is 118 Å². The largest absolute Gasteiger partial charge is 1.00 e. The van der Waals surface area contributed by atoms with Crippen molar-refractivity contribution in [3.63, 3.8) is 0 Å². The molecule has 2 heterocycles. The molecule has 28 heteroatoms. The van der Waals surface area contributed by atoms with Crippen molar-refractivity contribution in [2.75, 3.05) is 20.8 Å². The van der Waals surface area contributed by atoms with Gasteiger partial charge in [-0.25, -0.2) is 30.0 Å². The van der Waals surface area contributed by atoms with E-state index in [0.29, 0.717) is 0 Å². The maximum atomic E-state index is 11.5. The van der Waals surface area contributed by atoms with Gasteiger partial charge < -0.3 is 57.5 Å². The predicted molar refractivity (Wildman–Crippen MR) is 104 cm³/mol. The Morgan fingerprint density at radius 3 is 1.76 bits per heavy atom. The van der Waals surface area contributed by atoms with Gasteiger partial charge in [0.15, 0.2) is 29.0 Å². The van der Waals surface area contributed by atoms with E-state index in [1.54, 1.807) is 0 Å². The Bertz CT molecular complexity index is 1160. The van der Waals surface area contributed by atoms with Gasteiger partial charge in [-0.2, -0.15) is 0 Å². The number of aliphatic hydroxyl groups is 2. The van der Waals surface area contributed by atoms with Crippen molar-refractivity contribution < 1.29 is 209 Å². The van der Waals surface area contributed by atoms with Gasteiger partial charge in [-0.1, -0.05) is 0 Å². The van der Waals surface area contributed by atoms with E-state index in [2.05, 4.69) is 8.37 Å². The van der Waals surface area contributed by atoms with Crippen LogP contribution in [0.3, 0.4) is 0 Å². The summed E-state index contributed by atoms with van der Waals surface area (Å²) in [5, 5.41) is 32.7. The van der Waals surface area contributed by atoms with Crippen molar-refractivity contribution in [2.24, 2.45) is 0 Å². The second-order valence-corrected chi connectivity index (χ2v) is 10.8. The van der Waals surface area contributed by atoms with Gasteiger partial charge in [-0.05, 0) is 0 Å². The Labute approximate surface area is 328 Å². The van der Waals surface area contributed by atoms with Gasteiger partial charge in [0, 0.05) is 14.2 Å². The van der Waals surface area contributed by atoms with Crippen LogP contribution in [-0.2, 0) is 67.9 Å². The fourth-order valence-corrected chi connectivity index (χ4v) is 5.01. The molecular formula is C14H21NNa4O20S3. The predicted octanol–water partition coefficient (Wildman–Crippen LogP) is -19.3. The molecule has 0 unspecified atom stereocenters. The van der Waals surface area contributed by atoms with Crippen LogP contribution in [0.25, 0.3) is 0 Å². The molecule has 42 heavy (non-hydrogen) atoms. The van der Waals surface area contributed by atoms with Gasteiger partial charge in [0.1, 0.15) is 42.7 Å². The van der Waals surface area contributed by atoms with Gasteiger partial charge in [-0.15, -0.1) is 0 Å². The summed E-state index contributed by atoms with van der Waals surface area (Å²) in [6, 6.07) is -2.03. The van der Waals surface area contributed by atoms with E-state index < -0.39 is 105 Å². The van der Waals surface area contributed by atoms with Crippen LogP contribution in [0.4, 0.5) is 0 Å². The first kappa shape index (κ1) is 49.2. The zero-order valence-corrected chi connectivity index (χ0v) is 33.4. The minimum absolute atomic E-state index is 0. The molecule has 0 amide bonds. The number of carbonyl (C=O) groups is 1. The van der Waals surface area contributed by atoms with Crippen LogP contribution in [0.1, 0.15) is 0 Å². The normalized spacial score (nSPS) is 33.6. The van der Waals surface area contributed by atoms with Crippen molar-refractivity contribution >= 4 is 37.1 Å². The van der Waals surface area contributed by atoms with Gasteiger partial charge >= 0.3 is 118 Å². The number of aliphatic carboxylic acids is 1. The Morgan fingerprint density at radius 1 is 0.810 bits per heavy atom. The molecule has 0 aromatic carbocycles. The molecule has 224 valence electrons. The van der Waals surface area contributed by atoms with Crippen molar-refractivity contribution in [3.8, 4) is 0 Å². The molecule has 0 spiro atoms. The molecule has 3 N–H and O–H groups in total. The third-order valence-corrected chi connectivity index (χ3v) is 6.55. The maximum Gasteiger partial charge on any atom is 1.00 e. The summed E-state index contributed by atoms with van der Waals surface area (Å²) in [6.07, 6.45) is -19.7. The van der Waals surface area contributed by atoms with Crippen LogP contribution in [0, 0.1) is 0 Å². The summed E-state index contributed by atoms with van der Waals surface area (Å²) in [5.41, 5.74) is 0. The number of carboxylic acid groups (broad SMARTS) is 1. The minimum Gasteiger partial charge on any atom is -0.735 e. The van der Waals surface area contributed by atoms with E-state index in [9.17, 15) is 59.0 Å². The molecule has 0 aromatic heterocycles. The Balaban J connectivity index is -0.00000380. The molecule has 0 radical (unpaired) electrons. The van der Waals surface area contributed by atoms with Crippen molar-refractivity contribution in [3.05, 3.63) is 0 Å². The molecule has 0 aromatic rings. The van der Waals surface area contributed by atoms with E-state index in [0.717, 1.165) is 14.2 Å². The van der Waals surface area contributed by atoms with Gasteiger partial charge in [0.05, 0.1) is 12.6 Å².